The van der Waals surface area contributed by atoms with E-state index in [1.807, 2.05) is 24.3 Å². The van der Waals surface area contributed by atoms with Gasteiger partial charge in [0.25, 0.3) is 0 Å². The van der Waals surface area contributed by atoms with Crippen LogP contribution in [-0.2, 0) is 6.54 Å². The Morgan fingerprint density at radius 3 is 2.84 bits per heavy atom. The van der Waals surface area contributed by atoms with E-state index >= 15 is 0 Å². The molecule has 0 aliphatic carbocycles. The van der Waals surface area contributed by atoms with Crippen LogP contribution in [-0.4, -0.2) is 18.1 Å². The van der Waals surface area contributed by atoms with Crippen molar-refractivity contribution in [3.8, 4) is 11.3 Å². The van der Waals surface area contributed by atoms with Crippen molar-refractivity contribution in [2.24, 2.45) is 0 Å². The highest BCUT2D eigenvalue weighted by atomic mass is 16.2. The number of nitrogens with zero attached hydrogens (tertiary/aromatic N) is 1. The van der Waals surface area contributed by atoms with Crippen LogP contribution in [0.15, 0.2) is 42.6 Å². The van der Waals surface area contributed by atoms with Crippen molar-refractivity contribution < 1.29 is 4.79 Å². The molecule has 1 aromatic carbocycles. The van der Waals surface area contributed by atoms with Gasteiger partial charge < -0.3 is 10.6 Å². The molecule has 0 saturated heterocycles. The Kier molecular flexibility index (Phi) is 4.13. The summed E-state index contributed by atoms with van der Waals surface area (Å²) in [4.78, 5) is 15.7. The van der Waals surface area contributed by atoms with Gasteiger partial charge in [-0.1, -0.05) is 29.8 Å². The number of pyridine rings is 1. The highest BCUT2D eigenvalue weighted by molar-refractivity contribution is 5.74. The van der Waals surface area contributed by atoms with Gasteiger partial charge in [0.05, 0.1) is 5.69 Å². The van der Waals surface area contributed by atoms with Crippen LogP contribution in [0.3, 0.4) is 0 Å². The van der Waals surface area contributed by atoms with Crippen molar-refractivity contribution in [1.29, 1.82) is 0 Å². The first kappa shape index (κ1) is 13.1. The monoisotopic (exact) mass is 255 g/mol. The summed E-state index contributed by atoms with van der Waals surface area (Å²) in [6, 6.07) is 11.8. The zero-order valence-electron chi connectivity index (χ0n) is 11.1. The van der Waals surface area contributed by atoms with E-state index in [0.29, 0.717) is 6.54 Å². The first-order valence-corrected chi connectivity index (χ1v) is 6.17. The number of hydrogen-bond donors (Lipinski definition) is 2. The molecular formula is C15H17N3O. The summed E-state index contributed by atoms with van der Waals surface area (Å²) in [6.45, 7) is 2.51. The summed E-state index contributed by atoms with van der Waals surface area (Å²) in [5.41, 5.74) is 4.15. The number of amides is 2. The lowest BCUT2D eigenvalue weighted by atomic mass is 10.0. The Morgan fingerprint density at radius 2 is 2.11 bits per heavy atom. The number of hydrogen-bond acceptors (Lipinski definition) is 2. The molecule has 98 valence electrons. The predicted octanol–water partition coefficient (Wildman–Crippen LogP) is 2.49. The number of carbonyl (C=O) groups is 1. The second-order valence-electron chi connectivity index (χ2n) is 4.31. The van der Waals surface area contributed by atoms with Gasteiger partial charge in [-0.3, -0.25) is 4.98 Å². The number of carbonyl (C=O) groups excluding carboxylic acids is 1. The minimum absolute atomic E-state index is 0.195. The molecule has 4 heteroatoms. The molecule has 2 aromatic rings. The number of benzene rings is 1. The molecule has 0 fully saturated rings. The molecule has 0 aliphatic rings. The Hall–Kier alpha value is -2.36. The lowest BCUT2D eigenvalue weighted by Gasteiger charge is -2.10. The van der Waals surface area contributed by atoms with Gasteiger partial charge >= 0.3 is 6.03 Å². The third kappa shape index (κ3) is 3.31. The summed E-state index contributed by atoms with van der Waals surface area (Å²) in [5, 5.41) is 5.32. The van der Waals surface area contributed by atoms with Crippen LogP contribution < -0.4 is 10.6 Å². The molecule has 19 heavy (non-hydrogen) atoms. The Morgan fingerprint density at radius 1 is 1.26 bits per heavy atom. The molecule has 0 radical (unpaired) electrons. The van der Waals surface area contributed by atoms with Gasteiger partial charge in [0.2, 0.25) is 0 Å². The first-order chi connectivity index (χ1) is 9.20. The summed E-state index contributed by atoms with van der Waals surface area (Å²) in [7, 11) is 1.60. The molecule has 0 bridgehead atoms. The third-order valence-corrected chi connectivity index (χ3v) is 2.85. The largest absolute Gasteiger partial charge is 0.341 e. The fourth-order valence-corrected chi connectivity index (χ4v) is 1.90. The fourth-order valence-electron chi connectivity index (χ4n) is 1.90. The van der Waals surface area contributed by atoms with Crippen LogP contribution in [0.2, 0.25) is 0 Å². The van der Waals surface area contributed by atoms with Crippen molar-refractivity contribution >= 4 is 6.03 Å². The van der Waals surface area contributed by atoms with E-state index in [9.17, 15) is 4.79 Å². The average Bonchev–Trinajstić information content (AvgIpc) is 2.45. The molecule has 0 spiro atoms. The predicted molar refractivity (Wildman–Crippen MR) is 75.7 cm³/mol. The number of aryl methyl sites for hydroxylation is 1. The second-order valence-corrected chi connectivity index (χ2v) is 4.31. The molecule has 2 N–H and O–H groups in total. The minimum atomic E-state index is -0.195. The highest BCUT2D eigenvalue weighted by Gasteiger charge is 2.07. The third-order valence-electron chi connectivity index (χ3n) is 2.85. The molecule has 2 amide bonds. The van der Waals surface area contributed by atoms with Crippen molar-refractivity contribution in [3.63, 3.8) is 0 Å². The van der Waals surface area contributed by atoms with Gasteiger partial charge in [-0.25, -0.2) is 4.79 Å². The highest BCUT2D eigenvalue weighted by Crippen LogP contribution is 2.21. The van der Waals surface area contributed by atoms with Crippen LogP contribution in [0, 0.1) is 6.92 Å². The van der Waals surface area contributed by atoms with Crippen molar-refractivity contribution in [2.75, 3.05) is 7.05 Å². The van der Waals surface area contributed by atoms with E-state index in [0.717, 1.165) is 16.8 Å². The van der Waals surface area contributed by atoms with Crippen molar-refractivity contribution in [1.82, 2.24) is 15.6 Å². The Labute approximate surface area is 112 Å². The maximum absolute atomic E-state index is 11.2. The SMILES string of the molecule is CNC(=O)NCc1cccnc1-c1cccc(C)c1. The van der Waals surface area contributed by atoms with Gasteiger partial charge in [0, 0.05) is 25.4 Å². The molecular weight excluding hydrogens is 238 g/mol. The van der Waals surface area contributed by atoms with Gasteiger partial charge in [0.15, 0.2) is 0 Å². The number of rotatable bonds is 3. The first-order valence-electron chi connectivity index (χ1n) is 6.17. The average molecular weight is 255 g/mol. The molecule has 0 aliphatic heterocycles. The maximum atomic E-state index is 11.2. The Balaban J connectivity index is 2.28. The smallest absolute Gasteiger partial charge is 0.314 e. The minimum Gasteiger partial charge on any atom is -0.341 e. The van der Waals surface area contributed by atoms with E-state index in [4.69, 9.17) is 0 Å². The van der Waals surface area contributed by atoms with Gasteiger partial charge in [0.1, 0.15) is 0 Å². The van der Waals surface area contributed by atoms with E-state index in [-0.39, 0.29) is 6.03 Å². The second kappa shape index (κ2) is 6.00. The number of urea groups is 1. The van der Waals surface area contributed by atoms with Crippen molar-refractivity contribution in [3.05, 3.63) is 53.7 Å². The summed E-state index contributed by atoms with van der Waals surface area (Å²) in [6.07, 6.45) is 1.76. The standard InChI is InChI=1S/C15H17N3O/c1-11-5-3-6-12(9-11)14-13(7-4-8-17-14)10-18-15(19)16-2/h3-9H,10H2,1-2H3,(H2,16,18,19). The van der Waals surface area contributed by atoms with E-state index in [1.54, 1.807) is 13.2 Å². The maximum Gasteiger partial charge on any atom is 0.314 e. The van der Waals surface area contributed by atoms with Crippen LogP contribution in [0.4, 0.5) is 4.79 Å². The van der Waals surface area contributed by atoms with E-state index in [2.05, 4.69) is 34.7 Å². The molecule has 1 aromatic heterocycles. The zero-order chi connectivity index (χ0) is 13.7. The lowest BCUT2D eigenvalue weighted by molar-refractivity contribution is 0.242. The molecule has 0 saturated carbocycles. The summed E-state index contributed by atoms with van der Waals surface area (Å²) >= 11 is 0. The van der Waals surface area contributed by atoms with Gasteiger partial charge in [-0.05, 0) is 24.6 Å². The summed E-state index contributed by atoms with van der Waals surface area (Å²) in [5.74, 6) is 0. The van der Waals surface area contributed by atoms with Crippen LogP contribution >= 0.6 is 0 Å². The van der Waals surface area contributed by atoms with Gasteiger partial charge in [-0.15, -0.1) is 0 Å². The lowest BCUT2D eigenvalue weighted by Crippen LogP contribution is -2.32. The van der Waals surface area contributed by atoms with E-state index < -0.39 is 0 Å². The van der Waals surface area contributed by atoms with E-state index in [1.165, 1.54) is 5.56 Å². The molecule has 1 heterocycles. The van der Waals surface area contributed by atoms with Crippen LogP contribution in [0.5, 0.6) is 0 Å². The number of nitrogens with one attached hydrogen (secondary N) is 2. The van der Waals surface area contributed by atoms with Crippen LogP contribution in [0.25, 0.3) is 11.3 Å². The van der Waals surface area contributed by atoms with Crippen molar-refractivity contribution in [2.45, 2.75) is 13.5 Å². The molecule has 2 rings (SSSR count). The Bertz CT molecular complexity index is 581. The topological polar surface area (TPSA) is 54.0 Å². The number of aromatic nitrogens is 1. The quantitative estimate of drug-likeness (QED) is 0.885. The molecule has 0 atom stereocenters. The fraction of sp³-hybridized carbons (Fsp3) is 0.200. The normalized spacial score (nSPS) is 10.0. The van der Waals surface area contributed by atoms with Gasteiger partial charge in [-0.2, -0.15) is 0 Å². The summed E-state index contributed by atoms with van der Waals surface area (Å²) < 4.78 is 0. The van der Waals surface area contributed by atoms with Crippen LogP contribution in [0.1, 0.15) is 11.1 Å². The zero-order valence-corrected chi connectivity index (χ0v) is 11.1. The molecule has 4 nitrogen and oxygen atoms in total. The molecule has 0 unspecified atom stereocenters.